The Morgan fingerprint density at radius 1 is 1.05 bits per heavy atom. The number of nitrogens with zero attached hydrogens (tertiary/aromatic N) is 3. The Labute approximate surface area is 235 Å². The number of hydrogen-bond donors (Lipinski definition) is 2. The van der Waals surface area contributed by atoms with Gasteiger partial charge in [-0.1, -0.05) is 66.7 Å². The highest BCUT2D eigenvalue weighted by atomic mass is 19.1. The molecule has 1 aromatic heterocycles. The van der Waals surface area contributed by atoms with Crippen LogP contribution >= 0.6 is 0 Å². The summed E-state index contributed by atoms with van der Waals surface area (Å²) in [6, 6.07) is 26.8. The van der Waals surface area contributed by atoms with Gasteiger partial charge in [0.15, 0.2) is 0 Å². The first-order valence-corrected chi connectivity index (χ1v) is 13.7. The van der Waals surface area contributed by atoms with Crippen molar-refractivity contribution in [3.63, 3.8) is 0 Å². The predicted molar refractivity (Wildman–Crippen MR) is 159 cm³/mol. The number of amides is 1. The molecule has 0 radical (unpaired) electrons. The smallest absolute Gasteiger partial charge is 0.252 e. The van der Waals surface area contributed by atoms with Crippen molar-refractivity contribution in [2.24, 2.45) is 0 Å². The van der Waals surface area contributed by atoms with Crippen molar-refractivity contribution in [3.8, 4) is 11.3 Å². The van der Waals surface area contributed by atoms with E-state index < -0.39 is 0 Å². The Kier molecular flexibility index (Phi) is 8.53. The van der Waals surface area contributed by atoms with Crippen LogP contribution in [0.2, 0.25) is 0 Å². The van der Waals surface area contributed by atoms with Gasteiger partial charge >= 0.3 is 0 Å². The zero-order chi connectivity index (χ0) is 28.1. The average molecular weight is 538 g/mol. The normalized spacial score (nSPS) is 13.1. The van der Waals surface area contributed by atoms with Crippen LogP contribution in [0.3, 0.4) is 0 Å². The second-order valence-corrected chi connectivity index (χ2v) is 10.5. The van der Waals surface area contributed by atoms with Crippen molar-refractivity contribution in [2.45, 2.75) is 32.6 Å². The van der Waals surface area contributed by atoms with Crippen LogP contribution in [0.15, 0.2) is 84.9 Å². The maximum Gasteiger partial charge on any atom is 0.252 e. The molecule has 1 atom stereocenters. The van der Waals surface area contributed by atoms with Crippen molar-refractivity contribution >= 4 is 11.7 Å². The van der Waals surface area contributed by atoms with Crippen molar-refractivity contribution in [3.05, 3.63) is 119 Å². The zero-order valence-corrected chi connectivity index (χ0v) is 23.3. The third-order valence-electron chi connectivity index (χ3n) is 7.38. The number of aromatic nitrogens is 1. The number of likely N-dealkylation sites (N-methyl/N-ethyl adjacent to an activating group) is 2. The number of halogens is 1. The molecule has 2 heterocycles. The van der Waals surface area contributed by atoms with E-state index in [2.05, 4.69) is 34.7 Å². The molecule has 1 aliphatic rings. The van der Waals surface area contributed by atoms with E-state index in [1.54, 1.807) is 12.1 Å². The molecule has 5 rings (SSSR count). The molecule has 40 heavy (non-hydrogen) atoms. The van der Waals surface area contributed by atoms with Gasteiger partial charge in [-0.05, 0) is 50.3 Å². The second-order valence-electron chi connectivity index (χ2n) is 10.5. The van der Waals surface area contributed by atoms with E-state index in [9.17, 15) is 9.18 Å². The summed E-state index contributed by atoms with van der Waals surface area (Å²) in [5.41, 5.74) is 6.01. The highest BCUT2D eigenvalue weighted by Crippen LogP contribution is 2.38. The van der Waals surface area contributed by atoms with Gasteiger partial charge in [-0.3, -0.25) is 4.79 Å². The molecule has 3 aromatic carbocycles. The predicted octanol–water partition coefficient (Wildman–Crippen LogP) is 5.55. The van der Waals surface area contributed by atoms with Gasteiger partial charge in [0.1, 0.15) is 11.6 Å². The van der Waals surface area contributed by atoms with Crippen LogP contribution in [0, 0.1) is 5.82 Å². The van der Waals surface area contributed by atoms with Gasteiger partial charge in [0, 0.05) is 49.4 Å². The topological polar surface area (TPSA) is 60.5 Å². The van der Waals surface area contributed by atoms with Gasteiger partial charge in [0.25, 0.3) is 5.91 Å². The molecule has 2 N–H and O–H groups in total. The molecule has 206 valence electrons. The molecule has 6 nitrogen and oxygen atoms in total. The molecule has 0 saturated heterocycles. The molecule has 0 spiro atoms. The number of fused-ring (bicyclic) bond motifs is 1. The minimum atomic E-state index is -0.239. The van der Waals surface area contributed by atoms with Crippen LogP contribution in [0.1, 0.15) is 45.6 Å². The van der Waals surface area contributed by atoms with Crippen LogP contribution < -0.4 is 15.5 Å². The molecule has 0 bridgehead atoms. The van der Waals surface area contributed by atoms with E-state index in [0.717, 1.165) is 47.8 Å². The highest BCUT2D eigenvalue weighted by molar-refractivity contribution is 5.99. The van der Waals surface area contributed by atoms with Gasteiger partial charge < -0.3 is 20.4 Å². The fourth-order valence-electron chi connectivity index (χ4n) is 5.09. The molecule has 1 amide bonds. The summed E-state index contributed by atoms with van der Waals surface area (Å²) in [5.74, 6) is 0.358. The summed E-state index contributed by atoms with van der Waals surface area (Å²) >= 11 is 0. The van der Waals surface area contributed by atoms with Crippen LogP contribution in [0.5, 0.6) is 0 Å². The number of carbonyl (C=O) groups excluding carboxylic acids is 1. The molecular formula is C33H36FN5O. The van der Waals surface area contributed by atoms with Gasteiger partial charge in [-0.25, -0.2) is 9.37 Å². The maximum absolute atomic E-state index is 14.4. The number of benzene rings is 3. The van der Waals surface area contributed by atoms with E-state index in [-0.39, 0.29) is 17.8 Å². The average Bonchev–Trinajstić information content (AvgIpc) is 2.96. The standard InChI is InChI=1S/C33H36FN5O/c1-23(25-11-5-4-6-12-25)36-33(40)28-19-31(26-14-9-10-24(18-26)20-38(3)17-16-35-2)37-32-29(28)22-39(32)21-27-13-7-8-15-30(27)34/h4-15,18-19,23,35H,16-17,20-22H2,1-3H3,(H,36,40)/t23-/m0/s1. The number of nitrogens with one attached hydrogen (secondary N) is 2. The first kappa shape index (κ1) is 27.5. The third kappa shape index (κ3) is 6.22. The molecule has 0 saturated carbocycles. The van der Waals surface area contributed by atoms with Crippen molar-refractivity contribution in [1.82, 2.24) is 20.5 Å². The van der Waals surface area contributed by atoms with E-state index in [0.29, 0.717) is 24.2 Å². The molecular weight excluding hydrogens is 501 g/mol. The highest BCUT2D eigenvalue weighted by Gasteiger charge is 2.32. The van der Waals surface area contributed by atoms with Crippen LogP contribution in [0.4, 0.5) is 10.2 Å². The number of carbonyl (C=O) groups is 1. The minimum Gasteiger partial charge on any atom is -0.347 e. The lowest BCUT2D eigenvalue weighted by Gasteiger charge is -2.37. The Hall–Kier alpha value is -4.07. The minimum absolute atomic E-state index is 0.134. The zero-order valence-electron chi connectivity index (χ0n) is 23.3. The molecule has 4 aromatic rings. The number of hydrogen-bond acceptors (Lipinski definition) is 5. The Morgan fingerprint density at radius 3 is 2.60 bits per heavy atom. The van der Waals surface area contributed by atoms with Crippen molar-refractivity contribution < 1.29 is 9.18 Å². The van der Waals surface area contributed by atoms with Crippen LogP contribution in [-0.4, -0.2) is 43.0 Å². The fraction of sp³-hybridized carbons (Fsp3) is 0.273. The Bertz CT molecular complexity index is 1480. The maximum atomic E-state index is 14.4. The van der Waals surface area contributed by atoms with E-state index in [1.165, 1.54) is 11.6 Å². The summed E-state index contributed by atoms with van der Waals surface area (Å²) in [4.78, 5) is 22.9. The van der Waals surface area contributed by atoms with Gasteiger partial charge in [-0.2, -0.15) is 0 Å². The molecule has 0 aliphatic carbocycles. The molecule has 0 unspecified atom stereocenters. The Morgan fingerprint density at radius 2 is 1.82 bits per heavy atom. The monoisotopic (exact) mass is 537 g/mol. The quantitative estimate of drug-likeness (QED) is 0.263. The summed E-state index contributed by atoms with van der Waals surface area (Å²) < 4.78 is 14.4. The first-order chi connectivity index (χ1) is 19.4. The van der Waals surface area contributed by atoms with Crippen LogP contribution in [0.25, 0.3) is 11.3 Å². The van der Waals surface area contributed by atoms with E-state index >= 15 is 0 Å². The molecule has 0 fully saturated rings. The lowest BCUT2D eigenvalue weighted by Crippen LogP contribution is -2.37. The molecule has 1 aliphatic heterocycles. The number of anilines is 1. The van der Waals surface area contributed by atoms with Crippen LogP contribution in [-0.2, 0) is 19.6 Å². The molecule has 7 heteroatoms. The van der Waals surface area contributed by atoms with Gasteiger partial charge in [0.2, 0.25) is 0 Å². The van der Waals surface area contributed by atoms with E-state index in [4.69, 9.17) is 4.98 Å². The van der Waals surface area contributed by atoms with Gasteiger partial charge in [0.05, 0.1) is 17.3 Å². The summed E-state index contributed by atoms with van der Waals surface area (Å²) in [6.07, 6.45) is 0. The lowest BCUT2D eigenvalue weighted by atomic mass is 9.96. The number of rotatable bonds is 11. The van der Waals surface area contributed by atoms with E-state index in [1.807, 2.05) is 73.5 Å². The van der Waals surface area contributed by atoms with Gasteiger partial charge in [-0.15, -0.1) is 0 Å². The SMILES string of the molecule is CNCCN(C)Cc1cccc(-c2cc(C(=O)N[C@@H](C)c3ccccc3)c3c(n2)N(Cc2ccccc2F)C3)c1. The Balaban J connectivity index is 1.46. The number of pyridine rings is 1. The second kappa shape index (κ2) is 12.4. The largest absolute Gasteiger partial charge is 0.347 e. The first-order valence-electron chi connectivity index (χ1n) is 13.7. The summed E-state index contributed by atoms with van der Waals surface area (Å²) in [7, 11) is 4.06. The fourth-order valence-corrected chi connectivity index (χ4v) is 5.09. The van der Waals surface area contributed by atoms with Crippen molar-refractivity contribution in [2.75, 3.05) is 32.1 Å². The third-order valence-corrected chi connectivity index (χ3v) is 7.38. The van der Waals surface area contributed by atoms with Crippen molar-refractivity contribution in [1.29, 1.82) is 0 Å². The lowest BCUT2D eigenvalue weighted by molar-refractivity contribution is 0.0938. The summed E-state index contributed by atoms with van der Waals surface area (Å²) in [5, 5.41) is 6.35. The summed E-state index contributed by atoms with van der Waals surface area (Å²) in [6.45, 7) is 5.58.